The van der Waals surface area contributed by atoms with Crippen LogP contribution in [-0.4, -0.2) is 10.9 Å². The Balaban J connectivity index is 1.97. The van der Waals surface area contributed by atoms with Crippen molar-refractivity contribution >= 4 is 28.2 Å². The van der Waals surface area contributed by atoms with Gasteiger partial charge in [0.2, 0.25) is 5.91 Å². The lowest BCUT2D eigenvalue weighted by molar-refractivity contribution is -0.123. The van der Waals surface area contributed by atoms with Crippen LogP contribution in [0.5, 0.6) is 0 Å². The van der Waals surface area contributed by atoms with Crippen LogP contribution in [-0.2, 0) is 10.2 Å². The van der Waals surface area contributed by atoms with Crippen molar-refractivity contribution in [1.29, 1.82) is 0 Å². The molecular weight excluding hydrogens is 315 g/mol. The fraction of sp³-hybridized carbons (Fsp3) is 0.238. The zero-order valence-corrected chi connectivity index (χ0v) is 14.5. The van der Waals surface area contributed by atoms with Gasteiger partial charge >= 0.3 is 0 Å². The van der Waals surface area contributed by atoms with Gasteiger partial charge in [-0.15, -0.1) is 0 Å². The van der Waals surface area contributed by atoms with E-state index in [2.05, 4.69) is 4.98 Å². The molecule has 1 unspecified atom stereocenters. The zero-order valence-electron chi connectivity index (χ0n) is 14.5. The number of hydrogen-bond donors (Lipinski definition) is 0. The van der Waals surface area contributed by atoms with E-state index < -0.39 is 5.41 Å². The Kier molecular flexibility index (Phi) is 3.39. The van der Waals surface area contributed by atoms with Crippen molar-refractivity contribution in [2.75, 3.05) is 4.90 Å². The van der Waals surface area contributed by atoms with Gasteiger partial charge in [0.1, 0.15) is 5.82 Å². The number of rotatable bonds is 1. The molecule has 2 aromatic carbocycles. The summed E-state index contributed by atoms with van der Waals surface area (Å²) in [4.78, 5) is 19.2. The molecule has 0 saturated heterocycles. The number of carbonyl (C=O) groups excluding carboxylic acids is 1. The fourth-order valence-corrected chi connectivity index (χ4v) is 3.62. The third-order valence-electron chi connectivity index (χ3n) is 5.38. The predicted octanol–water partition coefficient (Wildman–Crippen LogP) is 4.97. The highest BCUT2D eigenvalue weighted by Crippen LogP contribution is 2.47. The van der Waals surface area contributed by atoms with Crippen molar-refractivity contribution < 1.29 is 9.18 Å². The van der Waals surface area contributed by atoms with E-state index in [4.69, 9.17) is 0 Å². The average molecular weight is 334 g/mol. The smallest absolute Gasteiger partial charge is 0.235 e. The van der Waals surface area contributed by atoms with E-state index >= 15 is 0 Å². The highest BCUT2D eigenvalue weighted by atomic mass is 19.1. The van der Waals surface area contributed by atoms with Crippen LogP contribution in [0.1, 0.15) is 26.3 Å². The van der Waals surface area contributed by atoms with E-state index in [9.17, 15) is 9.18 Å². The molecule has 1 amide bonds. The van der Waals surface area contributed by atoms with E-state index in [0.29, 0.717) is 16.9 Å². The SMILES string of the molecule is CC1C(=O)N(c2cnc3ccccc3c2)c2cccc(F)c2C1(C)C. The van der Waals surface area contributed by atoms with Crippen molar-refractivity contribution in [3.63, 3.8) is 0 Å². The maximum atomic E-state index is 14.7. The molecule has 2 heterocycles. The summed E-state index contributed by atoms with van der Waals surface area (Å²) in [5.41, 5.74) is 2.14. The molecule has 4 heteroatoms. The van der Waals surface area contributed by atoms with Crippen LogP contribution in [0.4, 0.5) is 15.8 Å². The minimum Gasteiger partial charge on any atom is -0.279 e. The van der Waals surface area contributed by atoms with E-state index in [1.54, 1.807) is 23.2 Å². The maximum Gasteiger partial charge on any atom is 0.235 e. The highest BCUT2D eigenvalue weighted by Gasteiger charge is 2.45. The summed E-state index contributed by atoms with van der Waals surface area (Å²) in [6.45, 7) is 5.71. The standard InChI is InChI=1S/C21H19FN2O/c1-13-20(25)24(15-11-14-7-4-5-9-17(14)23-12-15)18-10-6-8-16(22)19(18)21(13,2)3/h4-13H,1-3H3. The molecule has 0 saturated carbocycles. The predicted molar refractivity (Wildman–Crippen MR) is 97.5 cm³/mol. The lowest BCUT2D eigenvalue weighted by Crippen LogP contribution is -2.47. The van der Waals surface area contributed by atoms with Gasteiger partial charge in [-0.1, -0.05) is 45.0 Å². The monoisotopic (exact) mass is 334 g/mol. The molecule has 126 valence electrons. The Labute approximate surface area is 146 Å². The Hall–Kier alpha value is -2.75. The first kappa shape index (κ1) is 15.8. The lowest BCUT2D eigenvalue weighted by Gasteiger charge is -2.43. The zero-order chi connectivity index (χ0) is 17.8. The number of nitrogens with zero attached hydrogens (tertiary/aromatic N) is 2. The number of fused-ring (bicyclic) bond motifs is 2. The molecule has 0 aliphatic carbocycles. The number of amides is 1. The molecule has 0 N–H and O–H groups in total. The van der Waals surface area contributed by atoms with E-state index in [1.807, 2.05) is 51.1 Å². The normalized spacial score (nSPS) is 19.1. The van der Waals surface area contributed by atoms with E-state index in [1.165, 1.54) is 6.07 Å². The average Bonchev–Trinajstić information content (AvgIpc) is 2.60. The summed E-state index contributed by atoms with van der Waals surface area (Å²) >= 11 is 0. The molecule has 4 rings (SSSR count). The Morgan fingerprint density at radius 3 is 2.68 bits per heavy atom. The third kappa shape index (κ3) is 2.24. The van der Waals surface area contributed by atoms with Crippen LogP contribution in [0, 0.1) is 11.7 Å². The summed E-state index contributed by atoms with van der Waals surface area (Å²) in [6.07, 6.45) is 1.68. The van der Waals surface area contributed by atoms with Crippen LogP contribution < -0.4 is 4.90 Å². The maximum absolute atomic E-state index is 14.7. The molecule has 1 atom stereocenters. The lowest BCUT2D eigenvalue weighted by atomic mass is 9.70. The summed E-state index contributed by atoms with van der Waals surface area (Å²) in [5.74, 6) is -0.663. The van der Waals surface area contributed by atoms with E-state index in [-0.39, 0.29) is 17.6 Å². The van der Waals surface area contributed by atoms with Crippen molar-refractivity contribution in [2.45, 2.75) is 26.2 Å². The van der Waals surface area contributed by atoms with Crippen molar-refractivity contribution in [1.82, 2.24) is 4.98 Å². The van der Waals surface area contributed by atoms with Crippen LogP contribution in [0.15, 0.2) is 54.7 Å². The molecular formula is C21H19FN2O. The Morgan fingerprint density at radius 1 is 1.12 bits per heavy atom. The molecule has 0 spiro atoms. The van der Waals surface area contributed by atoms with Crippen LogP contribution in [0.2, 0.25) is 0 Å². The van der Waals surface area contributed by atoms with Crippen molar-refractivity contribution in [3.8, 4) is 0 Å². The first-order valence-corrected chi connectivity index (χ1v) is 8.39. The van der Waals surface area contributed by atoms with Gasteiger partial charge in [-0.25, -0.2) is 4.39 Å². The van der Waals surface area contributed by atoms with Gasteiger partial charge in [-0.2, -0.15) is 0 Å². The second-order valence-electron chi connectivity index (χ2n) is 7.14. The molecule has 1 aromatic heterocycles. The Morgan fingerprint density at radius 2 is 1.88 bits per heavy atom. The van der Waals surface area contributed by atoms with Gasteiger partial charge in [0.25, 0.3) is 0 Å². The first-order chi connectivity index (χ1) is 11.9. The van der Waals surface area contributed by atoms with Gasteiger partial charge in [-0.3, -0.25) is 14.7 Å². The van der Waals surface area contributed by atoms with Gasteiger partial charge in [-0.05, 0) is 24.3 Å². The van der Waals surface area contributed by atoms with Crippen LogP contribution >= 0.6 is 0 Å². The van der Waals surface area contributed by atoms with E-state index in [0.717, 1.165) is 10.9 Å². The second-order valence-corrected chi connectivity index (χ2v) is 7.14. The largest absolute Gasteiger partial charge is 0.279 e. The first-order valence-electron chi connectivity index (χ1n) is 8.39. The highest BCUT2D eigenvalue weighted by molar-refractivity contribution is 6.06. The third-order valence-corrected chi connectivity index (χ3v) is 5.38. The number of pyridine rings is 1. The van der Waals surface area contributed by atoms with Gasteiger partial charge in [0.15, 0.2) is 0 Å². The van der Waals surface area contributed by atoms with Crippen molar-refractivity contribution in [2.24, 2.45) is 5.92 Å². The van der Waals surface area contributed by atoms with Gasteiger partial charge in [0.05, 0.1) is 23.1 Å². The molecule has 3 nitrogen and oxygen atoms in total. The Bertz CT molecular complexity index is 996. The number of benzene rings is 2. The molecule has 25 heavy (non-hydrogen) atoms. The molecule has 1 aliphatic rings. The van der Waals surface area contributed by atoms with Crippen molar-refractivity contribution in [3.05, 3.63) is 66.1 Å². The summed E-state index contributed by atoms with van der Waals surface area (Å²) in [7, 11) is 0. The van der Waals surface area contributed by atoms with Crippen LogP contribution in [0.25, 0.3) is 10.9 Å². The fourth-order valence-electron chi connectivity index (χ4n) is 3.62. The number of aromatic nitrogens is 1. The summed E-state index contributed by atoms with van der Waals surface area (Å²) in [6, 6.07) is 14.6. The second kappa shape index (κ2) is 5.38. The van der Waals surface area contributed by atoms with Gasteiger partial charge in [0, 0.05) is 22.3 Å². The number of carbonyl (C=O) groups is 1. The quantitative estimate of drug-likeness (QED) is 0.630. The number of para-hydroxylation sites is 1. The molecule has 0 fully saturated rings. The molecule has 0 bridgehead atoms. The molecule has 1 aliphatic heterocycles. The topological polar surface area (TPSA) is 33.2 Å². The minimum absolute atomic E-state index is 0.0415. The summed E-state index contributed by atoms with van der Waals surface area (Å²) < 4.78 is 14.7. The number of halogens is 1. The van der Waals surface area contributed by atoms with Gasteiger partial charge < -0.3 is 0 Å². The molecule has 3 aromatic rings. The number of hydrogen-bond acceptors (Lipinski definition) is 2. The summed E-state index contributed by atoms with van der Waals surface area (Å²) in [5, 5.41) is 0.947. The van der Waals surface area contributed by atoms with Crippen LogP contribution in [0.3, 0.4) is 0 Å². The molecule has 0 radical (unpaired) electrons. The number of anilines is 2. The minimum atomic E-state index is -0.571.